The van der Waals surface area contributed by atoms with Gasteiger partial charge in [0.25, 0.3) is 0 Å². The number of fused-ring (bicyclic) bond motifs is 1. The molecular weight excluding hydrogens is 186 g/mol. The molecular formula is C13H13NO. The number of benzene rings is 2. The quantitative estimate of drug-likeness (QED) is 0.734. The van der Waals surface area contributed by atoms with Gasteiger partial charge in [0.05, 0.1) is 12.1 Å². The minimum Gasteiger partial charge on any atom is -0.390 e. The molecule has 2 atom stereocenters. The molecule has 0 aliphatic carbocycles. The summed E-state index contributed by atoms with van der Waals surface area (Å²) in [4.78, 5) is 0. The summed E-state index contributed by atoms with van der Waals surface area (Å²) in [5.41, 5.74) is 1.20. The van der Waals surface area contributed by atoms with E-state index in [-0.39, 0.29) is 12.1 Å². The molecule has 0 aromatic heterocycles. The lowest BCUT2D eigenvalue weighted by molar-refractivity contribution is 0.0618. The van der Waals surface area contributed by atoms with Crippen molar-refractivity contribution >= 4 is 10.8 Å². The standard InChI is InChI=1S/C13H13NO/c15-12-8-14-13(12)11-7-3-5-9-4-1-2-6-10(9)11/h1-7,12-15H,8H2/t12-,13-/m1/s1. The van der Waals surface area contributed by atoms with Crippen LogP contribution in [0.3, 0.4) is 0 Å². The van der Waals surface area contributed by atoms with Gasteiger partial charge in [0, 0.05) is 6.54 Å². The van der Waals surface area contributed by atoms with Crippen molar-refractivity contribution in [3.63, 3.8) is 0 Å². The molecule has 0 unspecified atom stereocenters. The van der Waals surface area contributed by atoms with E-state index in [4.69, 9.17) is 0 Å². The maximum absolute atomic E-state index is 9.66. The minimum absolute atomic E-state index is 0.107. The van der Waals surface area contributed by atoms with Crippen molar-refractivity contribution in [2.45, 2.75) is 12.1 Å². The molecule has 2 aromatic rings. The van der Waals surface area contributed by atoms with Crippen LogP contribution in [0.15, 0.2) is 42.5 Å². The third-order valence-electron chi connectivity index (χ3n) is 3.09. The van der Waals surface area contributed by atoms with Crippen LogP contribution in [-0.4, -0.2) is 17.8 Å². The first kappa shape index (κ1) is 8.89. The Labute approximate surface area is 88.5 Å². The molecule has 0 spiro atoms. The average molecular weight is 199 g/mol. The fourth-order valence-corrected chi connectivity index (χ4v) is 2.18. The maximum atomic E-state index is 9.66. The van der Waals surface area contributed by atoms with E-state index in [1.54, 1.807) is 0 Å². The molecule has 2 N–H and O–H groups in total. The van der Waals surface area contributed by atoms with Gasteiger partial charge in [-0.25, -0.2) is 0 Å². The molecule has 0 amide bonds. The molecule has 3 rings (SSSR count). The predicted octanol–water partition coefficient (Wildman–Crippen LogP) is 1.84. The van der Waals surface area contributed by atoms with Gasteiger partial charge >= 0.3 is 0 Å². The van der Waals surface area contributed by atoms with Crippen LogP contribution in [0.25, 0.3) is 10.8 Å². The van der Waals surface area contributed by atoms with Crippen LogP contribution in [0.2, 0.25) is 0 Å². The highest BCUT2D eigenvalue weighted by molar-refractivity contribution is 5.86. The molecule has 0 radical (unpaired) electrons. The van der Waals surface area contributed by atoms with Gasteiger partial charge in [0.15, 0.2) is 0 Å². The summed E-state index contributed by atoms with van der Waals surface area (Å²) < 4.78 is 0. The highest BCUT2D eigenvalue weighted by Gasteiger charge is 2.30. The highest BCUT2D eigenvalue weighted by atomic mass is 16.3. The maximum Gasteiger partial charge on any atom is 0.0859 e. The Morgan fingerprint density at radius 2 is 1.87 bits per heavy atom. The average Bonchev–Trinajstić information content (AvgIpc) is 2.28. The third kappa shape index (κ3) is 1.34. The molecule has 0 saturated carbocycles. The summed E-state index contributed by atoms with van der Waals surface area (Å²) in [5, 5.41) is 15.4. The highest BCUT2D eigenvalue weighted by Crippen LogP contribution is 2.29. The van der Waals surface area contributed by atoms with Crippen LogP contribution >= 0.6 is 0 Å². The molecule has 76 valence electrons. The predicted molar refractivity (Wildman–Crippen MR) is 60.7 cm³/mol. The Kier molecular flexibility index (Phi) is 1.97. The van der Waals surface area contributed by atoms with Gasteiger partial charge in [-0.15, -0.1) is 0 Å². The summed E-state index contributed by atoms with van der Waals surface area (Å²) in [6.45, 7) is 0.702. The van der Waals surface area contributed by atoms with Crippen LogP contribution in [-0.2, 0) is 0 Å². The number of hydrogen-bond acceptors (Lipinski definition) is 2. The van der Waals surface area contributed by atoms with Gasteiger partial charge in [0.1, 0.15) is 0 Å². The van der Waals surface area contributed by atoms with Crippen LogP contribution in [0.1, 0.15) is 11.6 Å². The van der Waals surface area contributed by atoms with Gasteiger partial charge < -0.3 is 10.4 Å². The molecule has 1 aliphatic heterocycles. The van der Waals surface area contributed by atoms with Crippen molar-refractivity contribution in [1.82, 2.24) is 5.32 Å². The van der Waals surface area contributed by atoms with Crippen LogP contribution in [0, 0.1) is 0 Å². The molecule has 2 nitrogen and oxygen atoms in total. The largest absolute Gasteiger partial charge is 0.390 e. The molecule has 1 saturated heterocycles. The fourth-order valence-electron chi connectivity index (χ4n) is 2.18. The van der Waals surface area contributed by atoms with Crippen molar-refractivity contribution in [2.75, 3.05) is 6.54 Å². The lowest BCUT2D eigenvalue weighted by Crippen LogP contribution is -2.50. The smallest absolute Gasteiger partial charge is 0.0859 e. The van der Waals surface area contributed by atoms with Crippen molar-refractivity contribution < 1.29 is 5.11 Å². The Morgan fingerprint density at radius 1 is 1.07 bits per heavy atom. The van der Waals surface area contributed by atoms with Crippen LogP contribution < -0.4 is 5.32 Å². The monoisotopic (exact) mass is 199 g/mol. The van der Waals surface area contributed by atoms with E-state index in [2.05, 4.69) is 29.6 Å². The molecule has 15 heavy (non-hydrogen) atoms. The molecule has 1 fully saturated rings. The second kappa shape index (κ2) is 3.33. The number of nitrogens with one attached hydrogen (secondary N) is 1. The van der Waals surface area contributed by atoms with Gasteiger partial charge in [-0.3, -0.25) is 0 Å². The zero-order chi connectivity index (χ0) is 10.3. The number of rotatable bonds is 1. The third-order valence-corrected chi connectivity index (χ3v) is 3.09. The zero-order valence-corrected chi connectivity index (χ0v) is 8.35. The number of aliphatic hydroxyl groups excluding tert-OH is 1. The van der Waals surface area contributed by atoms with E-state index in [1.165, 1.54) is 16.3 Å². The first-order valence-corrected chi connectivity index (χ1v) is 5.25. The molecule has 1 aliphatic rings. The fraction of sp³-hybridized carbons (Fsp3) is 0.231. The van der Waals surface area contributed by atoms with Crippen molar-refractivity contribution in [3.05, 3.63) is 48.0 Å². The first-order valence-electron chi connectivity index (χ1n) is 5.25. The van der Waals surface area contributed by atoms with Crippen molar-refractivity contribution in [3.8, 4) is 0 Å². The van der Waals surface area contributed by atoms with Crippen LogP contribution in [0.5, 0.6) is 0 Å². The Hall–Kier alpha value is -1.38. The summed E-state index contributed by atoms with van der Waals surface area (Å²) in [7, 11) is 0. The molecule has 2 heteroatoms. The van der Waals surface area contributed by atoms with E-state index in [0.29, 0.717) is 6.54 Å². The lowest BCUT2D eigenvalue weighted by Gasteiger charge is -2.35. The first-order chi connectivity index (χ1) is 7.36. The number of β-amino-alcohol motifs (C(OH)–C–C–N with tert-alkyl or cyclic N) is 1. The second-order valence-corrected chi connectivity index (χ2v) is 4.02. The Bertz CT molecular complexity index is 489. The van der Waals surface area contributed by atoms with E-state index in [9.17, 15) is 5.11 Å². The number of hydrogen-bond donors (Lipinski definition) is 2. The SMILES string of the molecule is O[C@@H]1CN[C@@H]1c1cccc2ccccc12. The molecule has 0 bridgehead atoms. The molecule has 1 heterocycles. The van der Waals surface area contributed by atoms with E-state index in [0.717, 1.165) is 0 Å². The lowest BCUT2D eigenvalue weighted by atomic mass is 9.91. The summed E-state index contributed by atoms with van der Waals surface area (Å²) in [6.07, 6.45) is -0.240. The van der Waals surface area contributed by atoms with Crippen molar-refractivity contribution in [2.24, 2.45) is 0 Å². The van der Waals surface area contributed by atoms with Crippen LogP contribution in [0.4, 0.5) is 0 Å². The van der Waals surface area contributed by atoms with Gasteiger partial charge in [-0.2, -0.15) is 0 Å². The summed E-state index contributed by atoms with van der Waals surface area (Å²) in [5.74, 6) is 0. The van der Waals surface area contributed by atoms with E-state index < -0.39 is 0 Å². The van der Waals surface area contributed by atoms with Crippen molar-refractivity contribution in [1.29, 1.82) is 0 Å². The van der Waals surface area contributed by atoms with E-state index >= 15 is 0 Å². The minimum atomic E-state index is -0.240. The second-order valence-electron chi connectivity index (χ2n) is 4.02. The number of aliphatic hydroxyl groups is 1. The molecule has 2 aromatic carbocycles. The Morgan fingerprint density at radius 3 is 2.60 bits per heavy atom. The van der Waals surface area contributed by atoms with Gasteiger partial charge in [-0.05, 0) is 16.3 Å². The normalized spacial score (nSPS) is 25.1. The topological polar surface area (TPSA) is 32.3 Å². The summed E-state index contributed by atoms with van der Waals surface area (Å²) >= 11 is 0. The summed E-state index contributed by atoms with van der Waals surface area (Å²) in [6, 6.07) is 14.6. The van der Waals surface area contributed by atoms with Gasteiger partial charge in [-0.1, -0.05) is 42.5 Å². The Balaban J connectivity index is 2.17. The zero-order valence-electron chi connectivity index (χ0n) is 8.35. The van der Waals surface area contributed by atoms with E-state index in [1.807, 2.05) is 18.2 Å². The van der Waals surface area contributed by atoms with Gasteiger partial charge in [0.2, 0.25) is 0 Å².